The van der Waals surface area contributed by atoms with Gasteiger partial charge in [0.1, 0.15) is 11.2 Å². The summed E-state index contributed by atoms with van der Waals surface area (Å²) >= 11 is 0. The Balaban J connectivity index is 1.12. The lowest BCUT2D eigenvalue weighted by molar-refractivity contribution is 0.331. The molecule has 2 aliphatic carbocycles. The monoisotopic (exact) mass is 1010 g/mol. The van der Waals surface area contributed by atoms with E-state index in [4.69, 9.17) is 4.42 Å². The van der Waals surface area contributed by atoms with E-state index < -0.39 is 0 Å². The van der Waals surface area contributed by atoms with Gasteiger partial charge in [-0.1, -0.05) is 174 Å². The van der Waals surface area contributed by atoms with E-state index in [0.717, 1.165) is 33.6 Å². The molecule has 0 spiro atoms. The molecular weight excluding hydrogens is 946 g/mol. The van der Waals surface area contributed by atoms with E-state index in [1.54, 1.807) is 0 Å². The third-order valence-corrected chi connectivity index (χ3v) is 19.1. The maximum Gasteiger partial charge on any atom is 0.333 e. The number of anilines is 5. The molecule has 0 N–H and O–H groups in total. The van der Waals surface area contributed by atoms with Crippen LogP contribution in [0.4, 0.5) is 28.4 Å². The van der Waals surface area contributed by atoms with E-state index in [-0.39, 0.29) is 33.9 Å². The summed E-state index contributed by atoms with van der Waals surface area (Å²) in [4.78, 5) is 5.13. The first-order valence-corrected chi connectivity index (χ1v) is 28.5. The van der Waals surface area contributed by atoms with Gasteiger partial charge in [-0.2, -0.15) is 0 Å². The van der Waals surface area contributed by atoms with Gasteiger partial charge in [-0.25, -0.2) is 0 Å². The molecule has 0 radical (unpaired) electrons. The molecule has 384 valence electrons. The van der Waals surface area contributed by atoms with Gasteiger partial charge in [-0.05, 0) is 169 Å². The van der Waals surface area contributed by atoms with Crippen LogP contribution >= 0.6 is 0 Å². The Morgan fingerprint density at radius 2 is 1.10 bits per heavy atom. The van der Waals surface area contributed by atoms with Crippen LogP contribution < -0.4 is 20.6 Å². The van der Waals surface area contributed by atoms with Gasteiger partial charge in [0.05, 0.1) is 11.0 Å². The molecule has 4 nitrogen and oxygen atoms in total. The zero-order valence-electron chi connectivity index (χ0n) is 47.4. The third-order valence-electron chi connectivity index (χ3n) is 19.1. The third kappa shape index (κ3) is 6.48. The molecule has 0 saturated heterocycles. The van der Waals surface area contributed by atoms with Crippen LogP contribution in [0.3, 0.4) is 0 Å². The fraction of sp³-hybridized carbons (Fsp3) is 0.260. The second kappa shape index (κ2) is 15.7. The van der Waals surface area contributed by atoms with E-state index in [1.165, 1.54) is 124 Å². The van der Waals surface area contributed by atoms with Crippen molar-refractivity contribution < 1.29 is 4.42 Å². The molecule has 0 fully saturated rings. The Kier molecular flexibility index (Phi) is 9.56. The van der Waals surface area contributed by atoms with Crippen LogP contribution in [0.1, 0.15) is 129 Å². The zero-order valence-corrected chi connectivity index (χ0v) is 47.4. The van der Waals surface area contributed by atoms with Gasteiger partial charge in [0.2, 0.25) is 0 Å². The quantitative estimate of drug-likeness (QED) is 0.164. The number of rotatable bonds is 4. The van der Waals surface area contributed by atoms with Gasteiger partial charge in [-0.15, -0.1) is 0 Å². The van der Waals surface area contributed by atoms with Crippen molar-refractivity contribution in [2.24, 2.45) is 0 Å². The molecule has 0 bridgehead atoms. The number of fused-ring (bicyclic) bond motifs is 17. The number of nitrogens with zero attached hydrogens (tertiary/aromatic N) is 3. The van der Waals surface area contributed by atoms with E-state index in [2.05, 4.69) is 267 Å². The summed E-state index contributed by atoms with van der Waals surface area (Å²) in [5.41, 5.74) is 27.3. The maximum atomic E-state index is 7.50. The summed E-state index contributed by atoms with van der Waals surface area (Å²) in [6, 6.07) is 65.0. The van der Waals surface area contributed by atoms with E-state index in [0.29, 0.717) is 0 Å². The largest absolute Gasteiger partial charge is 0.455 e. The summed E-state index contributed by atoms with van der Waals surface area (Å²) in [6.45, 7) is 28.7. The molecule has 78 heavy (non-hydrogen) atoms. The minimum absolute atomic E-state index is 0.00163. The van der Waals surface area contributed by atoms with Gasteiger partial charge in [-0.3, -0.25) is 0 Å². The number of benzene rings is 9. The average molecular weight is 1010 g/mol. The zero-order chi connectivity index (χ0) is 53.7. The summed E-state index contributed by atoms with van der Waals surface area (Å²) < 4.78 is 10.1. The van der Waals surface area contributed by atoms with Crippen molar-refractivity contribution in [1.82, 2.24) is 4.57 Å². The number of furan rings is 1. The predicted octanol–water partition coefficient (Wildman–Crippen LogP) is 18.6. The lowest BCUT2D eigenvalue weighted by atomic mass is 9.43. The summed E-state index contributed by atoms with van der Waals surface area (Å²) in [5, 5.41) is 4.78. The van der Waals surface area contributed by atoms with Gasteiger partial charge >= 0.3 is 6.85 Å². The van der Waals surface area contributed by atoms with Crippen molar-refractivity contribution in [2.75, 3.05) is 9.71 Å². The molecule has 9 aromatic carbocycles. The Labute approximate surface area is 460 Å². The predicted molar refractivity (Wildman–Crippen MR) is 332 cm³/mol. The van der Waals surface area contributed by atoms with Crippen LogP contribution in [-0.2, 0) is 27.1 Å². The molecule has 0 amide bonds. The summed E-state index contributed by atoms with van der Waals surface area (Å²) in [7, 11) is 0. The van der Waals surface area contributed by atoms with E-state index in [1.807, 2.05) is 0 Å². The van der Waals surface area contributed by atoms with Crippen molar-refractivity contribution in [3.05, 3.63) is 203 Å². The highest BCUT2D eigenvalue weighted by Gasteiger charge is 2.49. The highest BCUT2D eigenvalue weighted by atomic mass is 16.3. The smallest absolute Gasteiger partial charge is 0.333 e. The van der Waals surface area contributed by atoms with Crippen molar-refractivity contribution in [3.8, 4) is 27.9 Å². The lowest BCUT2D eigenvalue weighted by Gasteiger charge is -2.43. The molecule has 11 aromatic rings. The second-order valence-corrected chi connectivity index (χ2v) is 27.2. The highest BCUT2D eigenvalue weighted by Crippen LogP contribution is 2.59. The van der Waals surface area contributed by atoms with Crippen LogP contribution in [0, 0.1) is 0 Å². The first kappa shape index (κ1) is 47.5. The van der Waals surface area contributed by atoms with Crippen LogP contribution in [-0.4, -0.2) is 11.4 Å². The lowest BCUT2D eigenvalue weighted by Crippen LogP contribution is -2.60. The van der Waals surface area contributed by atoms with Crippen molar-refractivity contribution in [1.29, 1.82) is 0 Å². The number of para-hydroxylation sites is 3. The van der Waals surface area contributed by atoms with E-state index in [9.17, 15) is 0 Å². The van der Waals surface area contributed by atoms with Gasteiger partial charge in [0.25, 0.3) is 0 Å². The van der Waals surface area contributed by atoms with Crippen LogP contribution in [0.15, 0.2) is 174 Å². The number of hydrogen-bond donors (Lipinski definition) is 0. The normalized spacial score (nSPS) is 16.4. The minimum Gasteiger partial charge on any atom is -0.455 e. The van der Waals surface area contributed by atoms with Crippen molar-refractivity contribution in [2.45, 2.75) is 123 Å². The molecule has 0 atom stereocenters. The Hall–Kier alpha value is -7.76. The molecule has 2 aromatic heterocycles. The topological polar surface area (TPSA) is 24.6 Å². The first-order chi connectivity index (χ1) is 37.2. The van der Waals surface area contributed by atoms with Crippen LogP contribution in [0.2, 0.25) is 0 Å². The molecule has 4 aliphatic rings. The maximum absolute atomic E-state index is 7.50. The first-order valence-electron chi connectivity index (χ1n) is 28.5. The highest BCUT2D eigenvalue weighted by molar-refractivity contribution is 6.94. The van der Waals surface area contributed by atoms with Gasteiger partial charge in [0.15, 0.2) is 0 Å². The summed E-state index contributed by atoms with van der Waals surface area (Å²) in [5.74, 6) is 0. The molecule has 4 heterocycles. The SMILES string of the molecule is CC(C)(C)c1ccc(N2B3c4cc(C(C)(C)C)ccc4-n4c5cc(N(c6ccccc6)c6ccccc6)ccc5c5c6c(oc7ccccc76)c(c3c54)-c3cc4c(cc32)C(C)(C)c2cc3c(cc2-4)C(C)(C)CCC3(C)C)cc1. The van der Waals surface area contributed by atoms with E-state index >= 15 is 0 Å². The average Bonchev–Trinajstić information content (AvgIpc) is 2.78. The Bertz CT molecular complexity index is 4330. The minimum atomic E-state index is -0.242. The number of aromatic nitrogens is 1. The molecular formula is C73H68BN3O. The van der Waals surface area contributed by atoms with Crippen LogP contribution in [0.25, 0.3) is 71.7 Å². The fourth-order valence-electron chi connectivity index (χ4n) is 14.7. The van der Waals surface area contributed by atoms with Crippen LogP contribution in [0.5, 0.6) is 0 Å². The standard InChI is InChI=1S/C73H68BN3O/c1-69(2,3)43-27-30-47(31-28-43)77-61-42-55-51(52-40-56-57(41-54(52)73(55,11)12)72(9,10)36-35-71(56,7)8)39-53(61)65-66-67-63(64-50-25-19-20-26-62(50)78-68(64)65)49-33-32-48(75(45-21-15-13-16-22-45)46-23-17-14-18-24-46)38-60(49)76(67)59-34-29-44(70(4,5)6)37-58(59)74(66)77/h13-34,37-42H,35-36H2,1-12H3. The van der Waals surface area contributed by atoms with Crippen molar-refractivity contribution in [3.63, 3.8) is 0 Å². The summed E-state index contributed by atoms with van der Waals surface area (Å²) in [6.07, 6.45) is 2.36. The molecule has 0 saturated carbocycles. The molecule has 5 heteroatoms. The molecule has 15 rings (SSSR count). The van der Waals surface area contributed by atoms with Crippen molar-refractivity contribution >= 4 is 90.0 Å². The number of hydrogen-bond acceptors (Lipinski definition) is 3. The second-order valence-electron chi connectivity index (χ2n) is 27.2. The molecule has 2 aliphatic heterocycles. The Morgan fingerprint density at radius 3 is 1.77 bits per heavy atom. The Morgan fingerprint density at radius 1 is 0.500 bits per heavy atom. The fourth-order valence-corrected chi connectivity index (χ4v) is 14.7. The van der Waals surface area contributed by atoms with Gasteiger partial charge in [0, 0.05) is 72.2 Å². The molecule has 0 unspecified atom stereocenters. The van der Waals surface area contributed by atoms with Gasteiger partial charge < -0.3 is 18.7 Å².